The zero-order valence-corrected chi connectivity index (χ0v) is 22.2. The second kappa shape index (κ2) is 12.5. The van der Waals surface area contributed by atoms with Crippen molar-refractivity contribution in [1.29, 1.82) is 0 Å². The molecule has 0 bridgehead atoms. The molecular formula is C31H39N3O2. The molecule has 3 aromatic rings. The molecule has 0 heterocycles. The minimum absolute atomic E-state index is 0.0207. The summed E-state index contributed by atoms with van der Waals surface area (Å²) in [7, 11) is 3.66. The molecule has 0 fully saturated rings. The Morgan fingerprint density at radius 2 is 1.42 bits per heavy atom. The molecule has 0 saturated carbocycles. The summed E-state index contributed by atoms with van der Waals surface area (Å²) in [6, 6.07) is 27.9. The van der Waals surface area contributed by atoms with Crippen molar-refractivity contribution in [3.63, 3.8) is 0 Å². The summed E-state index contributed by atoms with van der Waals surface area (Å²) in [5.74, 6) is -0.0896. The molecule has 5 nitrogen and oxygen atoms in total. The number of carbonyl (C=O) groups is 2. The van der Waals surface area contributed by atoms with Crippen LogP contribution in [-0.2, 0) is 28.0 Å². The Labute approximate surface area is 216 Å². The predicted octanol–water partition coefficient (Wildman–Crippen LogP) is 4.59. The molecule has 0 radical (unpaired) electrons. The highest BCUT2D eigenvalue weighted by Crippen LogP contribution is 2.22. The predicted molar refractivity (Wildman–Crippen MR) is 147 cm³/mol. The number of hydrogen-bond donors (Lipinski definition) is 1. The highest BCUT2D eigenvalue weighted by Gasteiger charge is 2.28. The normalized spacial score (nSPS) is 12.3. The Bertz CT molecular complexity index is 1110. The number of amides is 2. The minimum atomic E-state index is -0.464. The molecule has 2 amide bonds. The summed E-state index contributed by atoms with van der Waals surface area (Å²) < 4.78 is 0. The van der Waals surface area contributed by atoms with E-state index in [0.717, 1.165) is 11.1 Å². The molecule has 3 aromatic carbocycles. The first-order chi connectivity index (χ1) is 17.2. The lowest BCUT2D eigenvalue weighted by Gasteiger charge is -2.31. The van der Waals surface area contributed by atoms with E-state index >= 15 is 0 Å². The number of benzene rings is 3. The summed E-state index contributed by atoms with van der Waals surface area (Å²) in [5, 5.41) is 3.17. The monoisotopic (exact) mass is 485 g/mol. The first kappa shape index (κ1) is 27.2. The Balaban J connectivity index is 1.70. The Hall–Kier alpha value is -3.44. The van der Waals surface area contributed by atoms with Crippen molar-refractivity contribution in [2.24, 2.45) is 0 Å². The van der Waals surface area contributed by atoms with Gasteiger partial charge in [-0.05, 0) is 37.1 Å². The van der Waals surface area contributed by atoms with Crippen molar-refractivity contribution >= 4 is 11.8 Å². The quantitative estimate of drug-likeness (QED) is 0.432. The lowest BCUT2D eigenvalue weighted by Crippen LogP contribution is -2.51. The van der Waals surface area contributed by atoms with Crippen molar-refractivity contribution in [2.45, 2.75) is 45.2 Å². The largest absolute Gasteiger partial charge is 0.354 e. The minimum Gasteiger partial charge on any atom is -0.354 e. The van der Waals surface area contributed by atoms with Gasteiger partial charge in [0, 0.05) is 25.6 Å². The van der Waals surface area contributed by atoms with Crippen molar-refractivity contribution in [3.8, 4) is 0 Å². The summed E-state index contributed by atoms with van der Waals surface area (Å²) in [6.07, 6.45) is 0.532. The fraction of sp³-hybridized carbons (Fsp3) is 0.355. The van der Waals surface area contributed by atoms with Crippen LogP contribution in [0.25, 0.3) is 0 Å². The SMILES string of the molecule is Cc1ccc(CC(C(=O)NCC(C)(C)c2ccccc2)N(C)CC(=O)N(C)Cc2ccccc2)cc1. The van der Waals surface area contributed by atoms with E-state index in [9.17, 15) is 9.59 Å². The van der Waals surface area contributed by atoms with Crippen LogP contribution in [0.15, 0.2) is 84.9 Å². The standard InChI is InChI=1S/C31H39N3O2/c1-24-16-18-25(19-17-24)20-28(30(36)32-23-31(2,3)27-14-10-7-11-15-27)33(4)22-29(35)34(5)21-26-12-8-6-9-13-26/h6-19,28H,20-23H2,1-5H3,(H,32,36). The van der Waals surface area contributed by atoms with E-state index in [1.165, 1.54) is 11.1 Å². The number of aryl methyl sites for hydroxylation is 1. The maximum atomic E-state index is 13.5. The molecule has 36 heavy (non-hydrogen) atoms. The molecule has 0 spiro atoms. The van der Waals surface area contributed by atoms with Gasteiger partial charge in [0.05, 0.1) is 12.6 Å². The van der Waals surface area contributed by atoms with Crippen LogP contribution in [0, 0.1) is 6.92 Å². The number of nitrogens with one attached hydrogen (secondary N) is 1. The number of hydrogen-bond acceptors (Lipinski definition) is 3. The van der Waals surface area contributed by atoms with Crippen LogP contribution in [0.4, 0.5) is 0 Å². The topological polar surface area (TPSA) is 52.7 Å². The molecular weight excluding hydrogens is 446 g/mol. The molecule has 0 aliphatic rings. The van der Waals surface area contributed by atoms with Gasteiger partial charge in [0.25, 0.3) is 0 Å². The number of carbonyl (C=O) groups excluding carboxylic acids is 2. The van der Waals surface area contributed by atoms with Gasteiger partial charge in [0.15, 0.2) is 0 Å². The molecule has 0 saturated heterocycles. The van der Waals surface area contributed by atoms with Crippen LogP contribution in [0.3, 0.4) is 0 Å². The molecule has 1 unspecified atom stereocenters. The number of likely N-dealkylation sites (N-methyl/N-ethyl adjacent to an activating group) is 2. The highest BCUT2D eigenvalue weighted by molar-refractivity contribution is 5.84. The summed E-state index contributed by atoms with van der Waals surface area (Å²) in [5.41, 5.74) is 4.28. The zero-order chi connectivity index (χ0) is 26.1. The Kier molecular flexibility index (Phi) is 9.43. The Morgan fingerprint density at radius 3 is 2.03 bits per heavy atom. The molecule has 0 aromatic heterocycles. The smallest absolute Gasteiger partial charge is 0.237 e. The summed E-state index contributed by atoms with van der Waals surface area (Å²) in [4.78, 5) is 30.1. The third-order valence-electron chi connectivity index (χ3n) is 6.72. The lowest BCUT2D eigenvalue weighted by molar-refractivity contribution is -0.133. The van der Waals surface area contributed by atoms with Gasteiger partial charge in [0.1, 0.15) is 0 Å². The van der Waals surface area contributed by atoms with Crippen LogP contribution < -0.4 is 5.32 Å². The average Bonchev–Trinajstić information content (AvgIpc) is 2.88. The van der Waals surface area contributed by atoms with Gasteiger partial charge in [-0.15, -0.1) is 0 Å². The van der Waals surface area contributed by atoms with E-state index in [2.05, 4.69) is 55.6 Å². The lowest BCUT2D eigenvalue weighted by atomic mass is 9.84. The first-order valence-electron chi connectivity index (χ1n) is 12.5. The molecule has 1 N–H and O–H groups in total. The number of rotatable bonds is 11. The van der Waals surface area contributed by atoms with Crippen LogP contribution >= 0.6 is 0 Å². The first-order valence-corrected chi connectivity index (χ1v) is 12.5. The Morgan fingerprint density at radius 1 is 0.833 bits per heavy atom. The van der Waals surface area contributed by atoms with Gasteiger partial charge in [-0.1, -0.05) is 104 Å². The molecule has 190 valence electrons. The fourth-order valence-corrected chi connectivity index (χ4v) is 4.20. The average molecular weight is 486 g/mol. The van der Waals surface area contributed by atoms with Gasteiger partial charge < -0.3 is 10.2 Å². The third kappa shape index (κ3) is 7.79. The number of nitrogens with zero attached hydrogens (tertiary/aromatic N) is 2. The molecule has 0 aliphatic carbocycles. The van der Waals surface area contributed by atoms with Gasteiger partial charge in [-0.25, -0.2) is 0 Å². The third-order valence-corrected chi connectivity index (χ3v) is 6.72. The second-order valence-electron chi connectivity index (χ2n) is 10.3. The van der Waals surface area contributed by atoms with Crippen LogP contribution in [0.1, 0.15) is 36.1 Å². The fourth-order valence-electron chi connectivity index (χ4n) is 4.20. The van der Waals surface area contributed by atoms with Gasteiger partial charge in [-0.2, -0.15) is 0 Å². The van der Waals surface area contributed by atoms with E-state index in [1.54, 1.807) is 11.9 Å². The maximum Gasteiger partial charge on any atom is 0.237 e. The highest BCUT2D eigenvalue weighted by atomic mass is 16.2. The molecule has 1 atom stereocenters. The van der Waals surface area contributed by atoms with Crippen LogP contribution in [-0.4, -0.2) is 54.8 Å². The van der Waals surface area contributed by atoms with Crippen molar-refractivity contribution < 1.29 is 9.59 Å². The van der Waals surface area contributed by atoms with Crippen LogP contribution in [0.2, 0.25) is 0 Å². The van der Waals surface area contributed by atoms with E-state index in [1.807, 2.05) is 67.4 Å². The molecule has 5 heteroatoms. The van der Waals surface area contributed by atoms with Crippen molar-refractivity contribution in [3.05, 3.63) is 107 Å². The zero-order valence-electron chi connectivity index (χ0n) is 22.2. The molecule has 3 rings (SSSR count). The summed E-state index contributed by atoms with van der Waals surface area (Å²) >= 11 is 0. The van der Waals surface area contributed by atoms with Gasteiger partial charge in [-0.3, -0.25) is 14.5 Å². The summed E-state index contributed by atoms with van der Waals surface area (Å²) in [6.45, 7) is 7.51. The van der Waals surface area contributed by atoms with E-state index < -0.39 is 6.04 Å². The van der Waals surface area contributed by atoms with Crippen molar-refractivity contribution in [1.82, 2.24) is 15.1 Å². The van der Waals surface area contributed by atoms with Crippen molar-refractivity contribution in [2.75, 3.05) is 27.2 Å². The second-order valence-corrected chi connectivity index (χ2v) is 10.3. The van der Waals surface area contributed by atoms with E-state index in [0.29, 0.717) is 19.5 Å². The maximum absolute atomic E-state index is 13.5. The van der Waals surface area contributed by atoms with E-state index in [-0.39, 0.29) is 23.8 Å². The van der Waals surface area contributed by atoms with Gasteiger partial charge >= 0.3 is 0 Å². The van der Waals surface area contributed by atoms with Gasteiger partial charge in [0.2, 0.25) is 11.8 Å². The van der Waals surface area contributed by atoms with E-state index in [4.69, 9.17) is 0 Å². The van der Waals surface area contributed by atoms with Crippen LogP contribution in [0.5, 0.6) is 0 Å². The molecule has 0 aliphatic heterocycles.